The Labute approximate surface area is 215 Å². The van der Waals surface area contributed by atoms with Crippen LogP contribution in [0.2, 0.25) is 0 Å². The van der Waals surface area contributed by atoms with Crippen molar-refractivity contribution in [2.45, 2.75) is 26.3 Å². The molecule has 3 aromatic carbocycles. The Bertz CT molecular complexity index is 1450. The number of carbonyl (C=O) groups is 1. The molecule has 0 bridgehead atoms. The fourth-order valence-electron chi connectivity index (χ4n) is 5.12. The van der Waals surface area contributed by atoms with Crippen LogP contribution in [0.3, 0.4) is 0 Å². The van der Waals surface area contributed by atoms with Crippen LogP contribution in [0.4, 0.5) is 0 Å². The molecular formula is C29H29N3O5. The van der Waals surface area contributed by atoms with Gasteiger partial charge in [0.2, 0.25) is 0 Å². The number of nitrogens with one attached hydrogen (secondary N) is 1. The first-order valence-corrected chi connectivity index (χ1v) is 12.0. The molecule has 1 atom stereocenters. The second kappa shape index (κ2) is 9.54. The van der Waals surface area contributed by atoms with Crippen molar-refractivity contribution in [3.63, 3.8) is 0 Å². The average molecular weight is 500 g/mol. The number of aromatic amines is 1. The maximum atomic E-state index is 13.7. The molecule has 1 aromatic heterocycles. The summed E-state index contributed by atoms with van der Waals surface area (Å²) >= 11 is 0. The molecule has 1 amide bonds. The van der Waals surface area contributed by atoms with Gasteiger partial charge in [-0.05, 0) is 72.9 Å². The molecule has 0 aliphatic carbocycles. The topological polar surface area (TPSA) is 108 Å². The molecule has 8 nitrogen and oxygen atoms in total. The third kappa shape index (κ3) is 4.24. The minimum Gasteiger partial charge on any atom is -0.507 e. The van der Waals surface area contributed by atoms with Crippen molar-refractivity contribution in [3.8, 4) is 34.3 Å². The highest BCUT2D eigenvalue weighted by Gasteiger charge is 2.42. The van der Waals surface area contributed by atoms with Crippen LogP contribution in [0.15, 0.2) is 54.6 Å². The summed E-state index contributed by atoms with van der Waals surface area (Å²) in [4.78, 5) is 15.5. The van der Waals surface area contributed by atoms with E-state index in [0.29, 0.717) is 41.2 Å². The summed E-state index contributed by atoms with van der Waals surface area (Å²) in [6.07, 6.45) is 0.628. The van der Waals surface area contributed by atoms with Crippen LogP contribution in [0.5, 0.6) is 23.0 Å². The molecule has 5 rings (SSSR count). The van der Waals surface area contributed by atoms with Crippen LogP contribution >= 0.6 is 0 Å². The van der Waals surface area contributed by atoms with Gasteiger partial charge in [0.15, 0.2) is 11.5 Å². The van der Waals surface area contributed by atoms with E-state index in [2.05, 4.69) is 10.2 Å². The number of phenolic OH excluding ortho intramolecular Hbond substituents is 2. The van der Waals surface area contributed by atoms with Gasteiger partial charge in [-0.2, -0.15) is 5.10 Å². The molecule has 1 aliphatic heterocycles. The van der Waals surface area contributed by atoms with Gasteiger partial charge in [0, 0.05) is 17.7 Å². The Morgan fingerprint density at radius 2 is 1.73 bits per heavy atom. The van der Waals surface area contributed by atoms with Gasteiger partial charge in [0.1, 0.15) is 22.9 Å². The number of ether oxygens (including phenoxy) is 2. The van der Waals surface area contributed by atoms with E-state index in [1.807, 2.05) is 44.2 Å². The Morgan fingerprint density at radius 1 is 0.973 bits per heavy atom. The van der Waals surface area contributed by atoms with Crippen LogP contribution < -0.4 is 9.47 Å². The van der Waals surface area contributed by atoms with Crippen molar-refractivity contribution >= 4 is 5.91 Å². The van der Waals surface area contributed by atoms with Gasteiger partial charge in [-0.25, -0.2) is 0 Å². The number of amides is 1. The number of carbonyl (C=O) groups excluding carboxylic acids is 1. The van der Waals surface area contributed by atoms with Crippen LogP contribution in [0.1, 0.15) is 44.3 Å². The zero-order chi connectivity index (χ0) is 26.3. The van der Waals surface area contributed by atoms with Crippen LogP contribution in [-0.2, 0) is 6.42 Å². The molecule has 8 heteroatoms. The maximum absolute atomic E-state index is 13.7. The summed E-state index contributed by atoms with van der Waals surface area (Å²) < 4.78 is 10.6. The third-order valence-electron chi connectivity index (χ3n) is 6.88. The summed E-state index contributed by atoms with van der Waals surface area (Å²) in [6.45, 7) is 4.28. The van der Waals surface area contributed by atoms with E-state index in [0.717, 1.165) is 28.0 Å². The van der Waals surface area contributed by atoms with Crippen molar-refractivity contribution in [2.24, 2.45) is 0 Å². The number of benzene rings is 3. The van der Waals surface area contributed by atoms with Gasteiger partial charge < -0.3 is 24.6 Å². The minimum atomic E-state index is -0.496. The molecule has 190 valence electrons. The number of methoxy groups -OCH3 is 2. The molecule has 0 saturated heterocycles. The fourth-order valence-corrected chi connectivity index (χ4v) is 5.12. The summed E-state index contributed by atoms with van der Waals surface area (Å²) in [5.41, 5.74) is 5.82. The Hall–Kier alpha value is -4.46. The van der Waals surface area contributed by atoms with Crippen molar-refractivity contribution in [1.82, 2.24) is 15.1 Å². The van der Waals surface area contributed by atoms with Crippen molar-refractivity contribution in [3.05, 3.63) is 88.1 Å². The molecule has 0 spiro atoms. The van der Waals surface area contributed by atoms with Crippen molar-refractivity contribution in [1.29, 1.82) is 0 Å². The number of nitrogens with zero attached hydrogens (tertiary/aromatic N) is 2. The van der Waals surface area contributed by atoms with E-state index in [1.165, 1.54) is 7.11 Å². The van der Waals surface area contributed by atoms with E-state index >= 15 is 0 Å². The number of aromatic nitrogens is 2. The van der Waals surface area contributed by atoms with Crippen molar-refractivity contribution < 1.29 is 24.5 Å². The highest BCUT2D eigenvalue weighted by Crippen LogP contribution is 2.46. The van der Waals surface area contributed by atoms with Crippen molar-refractivity contribution in [2.75, 3.05) is 20.8 Å². The van der Waals surface area contributed by atoms with Gasteiger partial charge in [-0.1, -0.05) is 24.3 Å². The molecule has 0 saturated carbocycles. The zero-order valence-corrected chi connectivity index (χ0v) is 21.2. The molecule has 4 aromatic rings. The first-order valence-electron chi connectivity index (χ1n) is 12.0. The third-order valence-corrected chi connectivity index (χ3v) is 6.88. The second-order valence-corrected chi connectivity index (χ2v) is 9.27. The lowest BCUT2D eigenvalue weighted by Gasteiger charge is -2.27. The normalized spacial score (nSPS) is 14.6. The fraction of sp³-hybridized carbons (Fsp3) is 0.241. The molecule has 0 radical (unpaired) electrons. The summed E-state index contributed by atoms with van der Waals surface area (Å²) in [6, 6.07) is 16.0. The number of hydrogen-bond donors (Lipinski definition) is 3. The number of H-pyrrole nitrogens is 1. The standard InChI is InChI=1S/C29H29N3O5/c1-16-13-17(2)24(22(34)14-16)26-25-27(31-30-26)29(35)32(12-11-18-5-8-20(36-3)9-6-18)28(25)19-7-10-21(33)23(15-19)37-4/h5-10,13-15,28,33-34H,11-12H2,1-4H3,(H,30,31). The Kier molecular flexibility index (Phi) is 6.25. The summed E-state index contributed by atoms with van der Waals surface area (Å²) in [5, 5.41) is 28.5. The number of hydrogen-bond acceptors (Lipinski definition) is 6. The lowest BCUT2D eigenvalue weighted by Crippen LogP contribution is -2.31. The zero-order valence-electron chi connectivity index (χ0n) is 21.2. The quantitative estimate of drug-likeness (QED) is 0.334. The van der Waals surface area contributed by atoms with Crippen LogP contribution in [0, 0.1) is 13.8 Å². The first-order chi connectivity index (χ1) is 17.8. The number of rotatable bonds is 7. The predicted octanol–water partition coefficient (Wildman–Crippen LogP) is 4.91. The monoisotopic (exact) mass is 499 g/mol. The van der Waals surface area contributed by atoms with Gasteiger partial charge in [0.05, 0.1) is 20.3 Å². The number of aromatic hydroxyl groups is 2. The molecular weight excluding hydrogens is 470 g/mol. The Balaban J connectivity index is 1.61. The first kappa shape index (κ1) is 24.2. The van der Waals surface area contributed by atoms with Crippen LogP contribution in [0.25, 0.3) is 11.3 Å². The number of aryl methyl sites for hydroxylation is 2. The molecule has 37 heavy (non-hydrogen) atoms. The van der Waals surface area contributed by atoms with Gasteiger partial charge in [0.25, 0.3) is 5.91 Å². The van der Waals surface area contributed by atoms with E-state index in [1.54, 1.807) is 36.3 Å². The summed E-state index contributed by atoms with van der Waals surface area (Å²) in [7, 11) is 3.11. The smallest absolute Gasteiger partial charge is 0.273 e. The Morgan fingerprint density at radius 3 is 2.41 bits per heavy atom. The molecule has 3 N–H and O–H groups in total. The second-order valence-electron chi connectivity index (χ2n) is 9.27. The minimum absolute atomic E-state index is 0.0139. The van der Waals surface area contributed by atoms with E-state index in [-0.39, 0.29) is 17.4 Å². The highest BCUT2D eigenvalue weighted by molar-refractivity contribution is 6.00. The predicted molar refractivity (Wildman–Crippen MR) is 139 cm³/mol. The number of phenols is 2. The average Bonchev–Trinajstić information content (AvgIpc) is 3.41. The highest BCUT2D eigenvalue weighted by atomic mass is 16.5. The van der Waals surface area contributed by atoms with E-state index in [9.17, 15) is 15.0 Å². The van der Waals surface area contributed by atoms with Gasteiger partial charge >= 0.3 is 0 Å². The SMILES string of the molecule is COc1ccc(CCN2C(=O)c3[nH]nc(-c4c(C)cc(C)cc4O)c3C2c2ccc(O)c(OC)c2)cc1. The molecule has 1 unspecified atom stereocenters. The van der Waals surface area contributed by atoms with E-state index in [4.69, 9.17) is 9.47 Å². The maximum Gasteiger partial charge on any atom is 0.273 e. The lowest BCUT2D eigenvalue weighted by atomic mass is 9.93. The lowest BCUT2D eigenvalue weighted by molar-refractivity contribution is 0.0745. The van der Waals surface area contributed by atoms with Gasteiger partial charge in [-0.3, -0.25) is 9.89 Å². The van der Waals surface area contributed by atoms with Crippen LogP contribution in [-0.4, -0.2) is 52.0 Å². The number of fused-ring (bicyclic) bond motifs is 1. The molecule has 0 fully saturated rings. The summed E-state index contributed by atoms with van der Waals surface area (Å²) in [5.74, 6) is 1.03. The molecule has 2 heterocycles. The van der Waals surface area contributed by atoms with Gasteiger partial charge in [-0.15, -0.1) is 0 Å². The van der Waals surface area contributed by atoms with E-state index < -0.39 is 6.04 Å². The largest absolute Gasteiger partial charge is 0.507 e. The molecule has 1 aliphatic rings.